The lowest BCUT2D eigenvalue weighted by atomic mass is 10.0. The number of carbonyl (C=O) groups excluding carboxylic acids is 2. The van der Waals surface area contributed by atoms with Gasteiger partial charge in [-0.25, -0.2) is 4.31 Å². The first kappa shape index (κ1) is 33.4. The zero-order valence-electron chi connectivity index (χ0n) is 24.8. The summed E-state index contributed by atoms with van der Waals surface area (Å²) in [5.41, 5.74) is 3.17. The minimum atomic E-state index is -4.11. The van der Waals surface area contributed by atoms with E-state index < -0.39 is 28.7 Å². The molecule has 0 aliphatic heterocycles. The second-order valence-corrected chi connectivity index (χ2v) is 13.6. The molecule has 11 heteroatoms. The third-order valence-electron chi connectivity index (χ3n) is 6.74. The van der Waals surface area contributed by atoms with Crippen molar-refractivity contribution in [3.63, 3.8) is 0 Å². The van der Waals surface area contributed by atoms with Gasteiger partial charge in [0.25, 0.3) is 0 Å². The Morgan fingerprint density at radius 3 is 2.10 bits per heavy atom. The van der Waals surface area contributed by atoms with E-state index in [4.69, 9.17) is 23.2 Å². The van der Waals surface area contributed by atoms with Crippen molar-refractivity contribution in [1.29, 1.82) is 0 Å². The molecule has 0 radical (unpaired) electrons. The molecular weight excluding hydrogens is 595 g/mol. The van der Waals surface area contributed by atoms with E-state index in [1.807, 2.05) is 63.2 Å². The largest absolute Gasteiger partial charge is 0.352 e. The van der Waals surface area contributed by atoms with Crippen LogP contribution in [0.1, 0.15) is 36.1 Å². The molecule has 0 spiro atoms. The lowest BCUT2D eigenvalue weighted by Crippen LogP contribution is -2.55. The monoisotopic (exact) mass is 632 g/mol. The van der Waals surface area contributed by atoms with Crippen LogP contribution in [0, 0.1) is 13.8 Å². The van der Waals surface area contributed by atoms with Gasteiger partial charge in [0, 0.05) is 48.7 Å². The number of hydrogen-bond donors (Lipinski definition) is 1. The maximum absolute atomic E-state index is 14.4. The molecule has 0 heterocycles. The molecule has 2 amide bonds. The second kappa shape index (κ2) is 14.4. The number of nitrogens with one attached hydrogen (secondary N) is 1. The van der Waals surface area contributed by atoms with E-state index >= 15 is 0 Å². The molecule has 0 bridgehead atoms. The predicted molar refractivity (Wildman–Crippen MR) is 170 cm³/mol. The van der Waals surface area contributed by atoms with E-state index in [-0.39, 0.29) is 24.9 Å². The average Bonchev–Trinajstić information content (AvgIpc) is 2.92. The number of carbonyl (C=O) groups is 2. The molecular formula is C31H38Cl2N4O4S. The number of aryl methyl sites for hydroxylation is 2. The Kier molecular flexibility index (Phi) is 11.4. The van der Waals surface area contributed by atoms with Gasteiger partial charge in [0.2, 0.25) is 11.8 Å². The molecule has 0 aliphatic carbocycles. The third-order valence-corrected chi connectivity index (χ3v) is 9.26. The highest BCUT2D eigenvalue weighted by molar-refractivity contribution is 7.90. The quantitative estimate of drug-likeness (QED) is 0.290. The summed E-state index contributed by atoms with van der Waals surface area (Å²) in [6, 6.07) is 18.6. The molecule has 3 aromatic rings. The lowest BCUT2D eigenvalue weighted by molar-refractivity contribution is -0.140. The summed E-state index contributed by atoms with van der Waals surface area (Å²) in [6.07, 6.45) is 0.192. The minimum Gasteiger partial charge on any atom is -0.352 e. The van der Waals surface area contributed by atoms with Crippen molar-refractivity contribution in [2.24, 2.45) is 0 Å². The van der Waals surface area contributed by atoms with Crippen molar-refractivity contribution in [3.05, 3.63) is 99.0 Å². The van der Waals surface area contributed by atoms with Crippen LogP contribution < -0.4 is 9.62 Å². The van der Waals surface area contributed by atoms with Crippen molar-refractivity contribution in [2.75, 3.05) is 24.9 Å². The summed E-state index contributed by atoms with van der Waals surface area (Å²) in [5.74, 6) is -0.962. The molecule has 0 aromatic heterocycles. The fourth-order valence-corrected chi connectivity index (χ4v) is 6.11. The molecule has 0 fully saturated rings. The van der Waals surface area contributed by atoms with Gasteiger partial charge in [-0.2, -0.15) is 12.7 Å². The summed E-state index contributed by atoms with van der Waals surface area (Å²) < 4.78 is 29.4. The van der Waals surface area contributed by atoms with E-state index in [9.17, 15) is 18.0 Å². The summed E-state index contributed by atoms with van der Waals surface area (Å²) in [4.78, 5) is 29.5. The van der Waals surface area contributed by atoms with Gasteiger partial charge in [0.15, 0.2) is 0 Å². The maximum Gasteiger partial charge on any atom is 0.304 e. The van der Waals surface area contributed by atoms with Gasteiger partial charge in [-0.1, -0.05) is 71.7 Å². The number of rotatable bonds is 12. The zero-order chi connectivity index (χ0) is 31.2. The van der Waals surface area contributed by atoms with Crippen molar-refractivity contribution < 1.29 is 18.0 Å². The highest BCUT2D eigenvalue weighted by Gasteiger charge is 2.36. The van der Waals surface area contributed by atoms with E-state index in [0.717, 1.165) is 19.7 Å². The van der Waals surface area contributed by atoms with Crippen LogP contribution in [0.3, 0.4) is 0 Å². The summed E-state index contributed by atoms with van der Waals surface area (Å²) >= 11 is 13.1. The van der Waals surface area contributed by atoms with Crippen LogP contribution in [0.15, 0.2) is 66.7 Å². The molecule has 8 nitrogen and oxygen atoms in total. The number of benzene rings is 3. The van der Waals surface area contributed by atoms with Crippen molar-refractivity contribution in [2.45, 2.75) is 52.7 Å². The van der Waals surface area contributed by atoms with E-state index in [1.54, 1.807) is 31.2 Å². The first-order valence-electron chi connectivity index (χ1n) is 13.6. The fourth-order valence-electron chi connectivity index (χ4n) is 4.48. The summed E-state index contributed by atoms with van der Waals surface area (Å²) in [5, 5.41) is 3.58. The van der Waals surface area contributed by atoms with Crippen LogP contribution in [-0.4, -0.2) is 62.2 Å². The van der Waals surface area contributed by atoms with Gasteiger partial charge in [-0.05, 0) is 62.6 Å². The van der Waals surface area contributed by atoms with Crippen LogP contribution in [0.2, 0.25) is 10.0 Å². The molecule has 1 atom stereocenters. The Bertz CT molecular complexity index is 1490. The first-order valence-corrected chi connectivity index (χ1v) is 15.7. The molecule has 1 N–H and O–H groups in total. The van der Waals surface area contributed by atoms with Gasteiger partial charge in [-0.3, -0.25) is 9.59 Å². The minimum absolute atomic E-state index is 0.108. The van der Waals surface area contributed by atoms with E-state index in [1.165, 1.54) is 19.0 Å². The van der Waals surface area contributed by atoms with Gasteiger partial charge in [0.05, 0.1) is 5.69 Å². The second-order valence-electron chi connectivity index (χ2n) is 10.7. The van der Waals surface area contributed by atoms with Gasteiger partial charge >= 0.3 is 10.2 Å². The van der Waals surface area contributed by atoms with E-state index in [0.29, 0.717) is 26.9 Å². The Balaban J connectivity index is 2.17. The number of nitrogens with zero attached hydrogens (tertiary/aromatic N) is 3. The molecule has 42 heavy (non-hydrogen) atoms. The SMILES string of the molecule is Cc1ccc(C)c(N(CC(=O)N(Cc2c(Cl)cccc2Cl)C(Cc2ccccc2)C(=O)NC(C)C)S(=O)(=O)N(C)C)c1. The predicted octanol–water partition coefficient (Wildman–Crippen LogP) is 5.39. The molecule has 3 aromatic carbocycles. The fraction of sp³-hybridized carbons (Fsp3) is 0.355. The molecule has 1 unspecified atom stereocenters. The molecule has 0 aliphatic rings. The smallest absolute Gasteiger partial charge is 0.304 e. The topological polar surface area (TPSA) is 90.0 Å². The van der Waals surface area contributed by atoms with Gasteiger partial charge < -0.3 is 10.2 Å². The average molecular weight is 634 g/mol. The highest BCUT2D eigenvalue weighted by Crippen LogP contribution is 2.29. The summed E-state index contributed by atoms with van der Waals surface area (Å²) in [7, 11) is -1.29. The van der Waals surface area contributed by atoms with E-state index in [2.05, 4.69) is 5.32 Å². The number of halogens is 2. The molecule has 0 saturated carbocycles. The number of anilines is 1. The van der Waals surface area contributed by atoms with Crippen molar-refractivity contribution in [1.82, 2.24) is 14.5 Å². The number of amides is 2. The standard InChI is InChI=1S/C31H38Cl2N4O4S/c1-21(2)34-31(39)29(18-24-11-8-7-9-12-24)36(19-25-26(32)13-10-14-27(25)33)30(38)20-37(42(40,41)35(5)6)28-17-22(3)15-16-23(28)4/h7-17,21,29H,18-20H2,1-6H3,(H,34,39). The Labute approximate surface area is 259 Å². The number of hydrogen-bond acceptors (Lipinski definition) is 4. The van der Waals surface area contributed by atoms with Gasteiger partial charge in [-0.15, -0.1) is 0 Å². The van der Waals surface area contributed by atoms with Crippen molar-refractivity contribution >= 4 is 50.9 Å². The Morgan fingerprint density at radius 1 is 0.905 bits per heavy atom. The summed E-state index contributed by atoms with van der Waals surface area (Å²) in [6.45, 7) is 6.65. The van der Waals surface area contributed by atoms with Crippen LogP contribution in [0.5, 0.6) is 0 Å². The molecule has 3 rings (SSSR count). The normalized spacial score (nSPS) is 12.3. The third kappa shape index (κ3) is 8.25. The van der Waals surface area contributed by atoms with Gasteiger partial charge in [0.1, 0.15) is 12.6 Å². The molecule has 226 valence electrons. The van der Waals surface area contributed by atoms with Crippen LogP contribution in [-0.2, 0) is 32.8 Å². The highest BCUT2D eigenvalue weighted by atomic mass is 35.5. The van der Waals surface area contributed by atoms with Crippen LogP contribution in [0.25, 0.3) is 0 Å². The maximum atomic E-state index is 14.4. The zero-order valence-corrected chi connectivity index (χ0v) is 27.1. The lowest BCUT2D eigenvalue weighted by Gasteiger charge is -2.35. The van der Waals surface area contributed by atoms with Crippen LogP contribution in [0.4, 0.5) is 5.69 Å². The molecule has 0 saturated heterocycles. The van der Waals surface area contributed by atoms with Crippen LogP contribution >= 0.6 is 23.2 Å². The Morgan fingerprint density at radius 2 is 1.52 bits per heavy atom. The first-order chi connectivity index (χ1) is 19.7. The van der Waals surface area contributed by atoms with Crippen molar-refractivity contribution in [3.8, 4) is 0 Å². The Hall–Kier alpha value is -3.11.